The summed E-state index contributed by atoms with van der Waals surface area (Å²) in [4.78, 5) is 42.6. The van der Waals surface area contributed by atoms with Gasteiger partial charge in [-0.05, 0) is 31.5 Å². The van der Waals surface area contributed by atoms with Gasteiger partial charge in [-0.25, -0.2) is 8.78 Å². The van der Waals surface area contributed by atoms with Crippen LogP contribution in [0.3, 0.4) is 0 Å². The number of halogens is 2. The van der Waals surface area contributed by atoms with Gasteiger partial charge in [0, 0.05) is 37.0 Å². The first kappa shape index (κ1) is 24.7. The van der Waals surface area contributed by atoms with Crippen molar-refractivity contribution in [1.29, 1.82) is 0 Å². The summed E-state index contributed by atoms with van der Waals surface area (Å²) in [5, 5.41) is 13.1. The van der Waals surface area contributed by atoms with E-state index in [1.807, 2.05) is 11.8 Å². The molecule has 10 nitrogen and oxygen atoms in total. The number of nitrogens with two attached hydrogens (primary N) is 1. The number of nitrogens with one attached hydrogen (secondary N) is 1. The van der Waals surface area contributed by atoms with E-state index >= 15 is 0 Å². The van der Waals surface area contributed by atoms with Crippen LogP contribution in [0.15, 0.2) is 52.0 Å². The fourth-order valence-electron chi connectivity index (χ4n) is 5.02. The highest BCUT2D eigenvalue weighted by Gasteiger charge is 2.52. The van der Waals surface area contributed by atoms with Gasteiger partial charge in [0.05, 0.1) is 19.4 Å². The van der Waals surface area contributed by atoms with E-state index in [0.717, 1.165) is 6.07 Å². The minimum atomic E-state index is -1.33. The Balaban J connectivity index is 1.48. The maximum Gasteiger partial charge on any atom is 0.277 e. The lowest BCUT2D eigenvalue weighted by Gasteiger charge is -2.56. The average Bonchev–Trinajstić information content (AvgIpc) is 3.35. The van der Waals surface area contributed by atoms with Gasteiger partial charge >= 0.3 is 0 Å². The molecule has 1 saturated heterocycles. The van der Waals surface area contributed by atoms with E-state index in [1.165, 1.54) is 28.0 Å². The summed E-state index contributed by atoms with van der Waals surface area (Å²) in [5.41, 5.74) is 5.09. The first-order chi connectivity index (χ1) is 17.6. The Labute approximate surface area is 209 Å². The smallest absolute Gasteiger partial charge is 0.277 e. The van der Waals surface area contributed by atoms with Gasteiger partial charge in [-0.15, -0.1) is 0 Å². The maximum atomic E-state index is 14.0. The number of amides is 2. The Bertz CT molecular complexity index is 1440. The van der Waals surface area contributed by atoms with Crippen molar-refractivity contribution < 1.29 is 27.9 Å². The Morgan fingerprint density at radius 2 is 2.08 bits per heavy atom. The zero-order valence-corrected chi connectivity index (χ0v) is 19.9. The minimum absolute atomic E-state index is 0.00789. The van der Waals surface area contributed by atoms with E-state index in [9.17, 15) is 28.3 Å². The van der Waals surface area contributed by atoms with Gasteiger partial charge in [-0.1, -0.05) is 6.07 Å². The first-order valence-corrected chi connectivity index (χ1v) is 11.7. The maximum absolute atomic E-state index is 14.0. The Kier molecular flexibility index (Phi) is 6.08. The van der Waals surface area contributed by atoms with Crippen molar-refractivity contribution in [2.24, 2.45) is 5.73 Å². The molecule has 3 aromatic rings. The number of carbonyl (C=O) groups is 2. The quantitative estimate of drug-likeness (QED) is 0.473. The minimum Gasteiger partial charge on any atom is -0.503 e. The van der Waals surface area contributed by atoms with E-state index in [-0.39, 0.29) is 30.4 Å². The molecular weight excluding hydrogens is 488 g/mol. The van der Waals surface area contributed by atoms with Gasteiger partial charge in [0.15, 0.2) is 17.2 Å². The van der Waals surface area contributed by atoms with Crippen LogP contribution >= 0.6 is 0 Å². The summed E-state index contributed by atoms with van der Waals surface area (Å²) in [6.07, 6.45) is 3.31. The Hall–Kier alpha value is -4.03. The Morgan fingerprint density at radius 1 is 1.30 bits per heavy atom. The Morgan fingerprint density at radius 3 is 2.78 bits per heavy atom. The van der Waals surface area contributed by atoms with Crippen LogP contribution in [0.2, 0.25) is 0 Å². The van der Waals surface area contributed by atoms with Gasteiger partial charge in [-0.2, -0.15) is 0 Å². The lowest BCUT2D eigenvalue weighted by atomic mass is 9.98. The lowest BCUT2D eigenvalue weighted by Crippen LogP contribution is -2.76. The number of rotatable bonds is 5. The summed E-state index contributed by atoms with van der Waals surface area (Å²) < 4.78 is 33.9. The van der Waals surface area contributed by atoms with Crippen molar-refractivity contribution in [2.75, 3.05) is 6.54 Å². The van der Waals surface area contributed by atoms with Crippen LogP contribution in [0.1, 0.15) is 45.5 Å². The molecule has 0 aliphatic carbocycles. The van der Waals surface area contributed by atoms with Crippen LogP contribution in [-0.2, 0) is 19.6 Å². The topological polar surface area (TPSA) is 134 Å². The third-order valence-corrected chi connectivity index (χ3v) is 6.93. The lowest BCUT2D eigenvalue weighted by molar-refractivity contribution is -0.113. The second-order valence-electron chi connectivity index (χ2n) is 9.31. The SMILES string of the molecule is C[C@H]1CCN(Cc2ccco2)[C@]2(N)Cn3cc(C(=O)NCc4ccc(F)cc4F)c(=O)c(O)c3C(=O)N12. The van der Waals surface area contributed by atoms with Crippen molar-refractivity contribution in [2.45, 2.75) is 44.8 Å². The van der Waals surface area contributed by atoms with E-state index in [4.69, 9.17) is 10.2 Å². The van der Waals surface area contributed by atoms with Crippen molar-refractivity contribution in [1.82, 2.24) is 19.7 Å². The molecule has 2 atom stereocenters. The van der Waals surface area contributed by atoms with E-state index in [2.05, 4.69) is 5.32 Å². The first-order valence-electron chi connectivity index (χ1n) is 11.7. The number of furan rings is 1. The molecule has 37 heavy (non-hydrogen) atoms. The molecule has 12 heteroatoms. The molecule has 1 aromatic carbocycles. The van der Waals surface area contributed by atoms with E-state index < -0.39 is 46.0 Å². The molecule has 2 aliphatic rings. The molecular formula is C25H25F2N5O5. The highest BCUT2D eigenvalue weighted by atomic mass is 19.1. The molecule has 4 N–H and O–H groups in total. The monoisotopic (exact) mass is 513 g/mol. The molecule has 0 spiro atoms. The van der Waals surface area contributed by atoms with E-state index in [1.54, 1.807) is 12.1 Å². The van der Waals surface area contributed by atoms with Crippen LogP contribution in [0.4, 0.5) is 8.78 Å². The number of pyridine rings is 1. The molecule has 194 valence electrons. The molecule has 4 heterocycles. The van der Waals surface area contributed by atoms with Crippen LogP contribution in [0.5, 0.6) is 5.75 Å². The second-order valence-corrected chi connectivity index (χ2v) is 9.31. The predicted molar refractivity (Wildman–Crippen MR) is 126 cm³/mol. The van der Waals surface area contributed by atoms with Crippen LogP contribution in [0.25, 0.3) is 0 Å². The van der Waals surface area contributed by atoms with Crippen molar-refractivity contribution >= 4 is 11.8 Å². The molecule has 0 unspecified atom stereocenters. The second kappa shape index (κ2) is 9.12. The largest absolute Gasteiger partial charge is 0.503 e. The molecule has 1 fully saturated rings. The summed E-state index contributed by atoms with van der Waals surface area (Å²) in [6, 6.07) is 6.16. The summed E-state index contributed by atoms with van der Waals surface area (Å²) in [5.74, 6) is -4.72. The van der Waals surface area contributed by atoms with Crippen LogP contribution in [0, 0.1) is 11.6 Å². The highest BCUT2D eigenvalue weighted by molar-refractivity contribution is 5.99. The zero-order valence-electron chi connectivity index (χ0n) is 19.9. The summed E-state index contributed by atoms with van der Waals surface area (Å²) >= 11 is 0. The fourth-order valence-corrected chi connectivity index (χ4v) is 5.02. The van der Waals surface area contributed by atoms with Crippen molar-refractivity contribution in [3.8, 4) is 5.75 Å². The van der Waals surface area contributed by atoms with Crippen molar-refractivity contribution in [3.63, 3.8) is 0 Å². The third-order valence-electron chi connectivity index (χ3n) is 6.93. The van der Waals surface area contributed by atoms with E-state index in [0.29, 0.717) is 31.3 Å². The molecule has 5 rings (SSSR count). The number of hydrogen-bond donors (Lipinski definition) is 3. The number of aromatic hydroxyl groups is 1. The number of carbonyl (C=O) groups excluding carboxylic acids is 2. The molecule has 2 aliphatic heterocycles. The third kappa shape index (κ3) is 4.17. The molecule has 2 aromatic heterocycles. The fraction of sp³-hybridized carbons (Fsp3) is 0.320. The number of nitrogens with zero attached hydrogens (tertiary/aromatic N) is 3. The molecule has 0 saturated carbocycles. The predicted octanol–water partition coefficient (Wildman–Crippen LogP) is 1.72. The summed E-state index contributed by atoms with van der Waals surface area (Å²) in [7, 11) is 0. The normalized spacial score (nSPS) is 21.5. The van der Waals surface area contributed by atoms with Gasteiger partial charge in [0.1, 0.15) is 23.0 Å². The number of hydrogen-bond acceptors (Lipinski definition) is 7. The van der Waals surface area contributed by atoms with Gasteiger partial charge < -0.3 is 24.3 Å². The van der Waals surface area contributed by atoms with Gasteiger partial charge in [0.2, 0.25) is 5.43 Å². The number of aromatic nitrogens is 1. The molecule has 0 bridgehead atoms. The highest BCUT2D eigenvalue weighted by Crippen LogP contribution is 2.36. The zero-order chi connectivity index (χ0) is 26.5. The number of benzene rings is 1. The summed E-state index contributed by atoms with van der Waals surface area (Å²) in [6.45, 7) is 2.35. The average molecular weight is 514 g/mol. The number of fused-ring (bicyclic) bond motifs is 2. The van der Waals surface area contributed by atoms with Gasteiger partial charge in [0.25, 0.3) is 11.8 Å². The van der Waals surface area contributed by atoms with Crippen LogP contribution < -0.4 is 16.5 Å². The molecule has 2 amide bonds. The standard InChI is InChI=1S/C25H25F2N5O5/c1-14-6-7-31(11-17-3-2-8-37-17)25(28)13-30-12-18(21(33)22(34)20(30)24(36)32(14)25)23(35)29-10-15-4-5-16(26)9-19(15)27/h2-5,8-9,12,14,34H,6-7,10-11,13,28H2,1H3,(H,29,35)/t14-,25+/m0/s1. The van der Waals surface area contributed by atoms with Crippen LogP contribution in [-0.4, -0.2) is 49.7 Å². The van der Waals surface area contributed by atoms with Gasteiger partial charge in [-0.3, -0.25) is 25.0 Å². The van der Waals surface area contributed by atoms with Crippen molar-refractivity contribution in [3.05, 3.63) is 87.2 Å². The molecule has 0 radical (unpaired) electrons.